The van der Waals surface area contributed by atoms with Gasteiger partial charge in [0.1, 0.15) is 5.58 Å². The van der Waals surface area contributed by atoms with Crippen molar-refractivity contribution in [2.24, 2.45) is 0 Å². The minimum absolute atomic E-state index is 0.0994. The quantitative estimate of drug-likeness (QED) is 0.656. The van der Waals surface area contributed by atoms with Crippen LogP contribution in [-0.4, -0.2) is 37.0 Å². The number of amides is 1. The van der Waals surface area contributed by atoms with Gasteiger partial charge in [-0.2, -0.15) is 0 Å². The van der Waals surface area contributed by atoms with E-state index in [4.69, 9.17) is 16.0 Å². The first-order chi connectivity index (χ1) is 13.4. The topological polar surface area (TPSA) is 53.8 Å². The van der Waals surface area contributed by atoms with Crippen LogP contribution in [0, 0.1) is 13.8 Å². The zero-order valence-corrected chi connectivity index (χ0v) is 16.6. The normalized spacial score (nSPS) is 14.5. The maximum Gasteiger partial charge on any atom is 0.289 e. The number of rotatable bonds is 2. The molecule has 0 spiro atoms. The third-order valence-corrected chi connectivity index (χ3v) is 5.60. The first kappa shape index (κ1) is 18.6. The van der Waals surface area contributed by atoms with Crippen LogP contribution in [0.1, 0.15) is 21.7 Å². The van der Waals surface area contributed by atoms with E-state index in [0.29, 0.717) is 42.2 Å². The number of halogens is 1. The highest BCUT2D eigenvalue weighted by Gasteiger charge is 2.25. The Morgan fingerprint density at radius 1 is 1.04 bits per heavy atom. The number of benzene rings is 2. The van der Waals surface area contributed by atoms with Crippen molar-refractivity contribution in [3.8, 4) is 0 Å². The summed E-state index contributed by atoms with van der Waals surface area (Å²) < 4.78 is 5.87. The Kier molecular flexibility index (Phi) is 4.85. The number of nitrogens with zero attached hydrogens (tertiary/aromatic N) is 2. The molecule has 1 aromatic heterocycles. The maximum absolute atomic E-state index is 12.9. The Morgan fingerprint density at radius 3 is 2.50 bits per heavy atom. The number of hydrogen-bond donors (Lipinski definition) is 0. The van der Waals surface area contributed by atoms with Crippen LogP contribution in [0.2, 0.25) is 5.02 Å². The van der Waals surface area contributed by atoms with Gasteiger partial charge in [-0.05, 0) is 49.2 Å². The second-order valence-corrected chi connectivity index (χ2v) is 7.55. The molecule has 0 radical (unpaired) electrons. The van der Waals surface area contributed by atoms with Crippen LogP contribution in [0.4, 0.5) is 5.69 Å². The Hall–Kier alpha value is -2.79. The monoisotopic (exact) mass is 396 g/mol. The summed E-state index contributed by atoms with van der Waals surface area (Å²) in [4.78, 5) is 29.3. The van der Waals surface area contributed by atoms with Crippen LogP contribution in [-0.2, 0) is 0 Å². The van der Waals surface area contributed by atoms with E-state index in [-0.39, 0.29) is 17.1 Å². The zero-order valence-electron chi connectivity index (χ0n) is 15.9. The summed E-state index contributed by atoms with van der Waals surface area (Å²) in [6, 6.07) is 12.7. The van der Waals surface area contributed by atoms with E-state index >= 15 is 0 Å². The van der Waals surface area contributed by atoms with Gasteiger partial charge in [0, 0.05) is 43.0 Å². The van der Waals surface area contributed by atoms with Crippen LogP contribution in [0.5, 0.6) is 0 Å². The number of carbonyl (C=O) groups excluding carboxylic acids is 1. The van der Waals surface area contributed by atoms with E-state index in [1.807, 2.05) is 44.2 Å². The molecular formula is C22H21ClN2O3. The largest absolute Gasteiger partial charge is 0.450 e. The van der Waals surface area contributed by atoms with E-state index in [9.17, 15) is 9.59 Å². The Morgan fingerprint density at radius 2 is 1.79 bits per heavy atom. The van der Waals surface area contributed by atoms with Gasteiger partial charge in [0.05, 0.1) is 5.39 Å². The Bertz CT molecular complexity index is 1110. The van der Waals surface area contributed by atoms with Gasteiger partial charge < -0.3 is 14.2 Å². The SMILES string of the molecule is Cc1ccc2c(=O)cc(C(=O)N3CCN(c4cccc(Cl)c4)CC3)oc2c1C. The fraction of sp³-hybridized carbons (Fsp3) is 0.273. The molecule has 0 bridgehead atoms. The zero-order chi connectivity index (χ0) is 19.8. The molecular weight excluding hydrogens is 376 g/mol. The van der Waals surface area contributed by atoms with Crippen molar-refractivity contribution >= 4 is 34.2 Å². The van der Waals surface area contributed by atoms with E-state index in [2.05, 4.69) is 4.90 Å². The number of fused-ring (bicyclic) bond motifs is 1. The van der Waals surface area contributed by atoms with Crippen molar-refractivity contribution < 1.29 is 9.21 Å². The first-order valence-electron chi connectivity index (χ1n) is 9.28. The second kappa shape index (κ2) is 7.32. The number of piperazine rings is 1. The van der Waals surface area contributed by atoms with Gasteiger partial charge in [-0.3, -0.25) is 9.59 Å². The summed E-state index contributed by atoms with van der Waals surface area (Å²) in [5.74, 6) is -0.145. The molecule has 3 aromatic rings. The highest BCUT2D eigenvalue weighted by Crippen LogP contribution is 2.23. The summed E-state index contributed by atoms with van der Waals surface area (Å²) in [6.07, 6.45) is 0. The highest BCUT2D eigenvalue weighted by atomic mass is 35.5. The number of hydrogen-bond acceptors (Lipinski definition) is 4. The molecule has 2 aromatic carbocycles. The van der Waals surface area contributed by atoms with Gasteiger partial charge >= 0.3 is 0 Å². The van der Waals surface area contributed by atoms with E-state index < -0.39 is 0 Å². The molecule has 1 aliphatic rings. The summed E-state index contributed by atoms with van der Waals surface area (Å²) in [6.45, 7) is 6.36. The predicted octanol–water partition coefficient (Wildman–Crippen LogP) is 4.03. The van der Waals surface area contributed by atoms with Crippen LogP contribution in [0.25, 0.3) is 11.0 Å². The standard InChI is InChI=1S/C22H21ClN2O3/c1-14-6-7-18-19(26)13-20(28-21(18)15(14)2)22(27)25-10-8-24(9-11-25)17-5-3-4-16(23)12-17/h3-7,12-13H,8-11H2,1-2H3. The predicted molar refractivity (Wildman–Crippen MR) is 112 cm³/mol. The fourth-order valence-electron chi connectivity index (χ4n) is 3.55. The second-order valence-electron chi connectivity index (χ2n) is 7.12. The molecule has 28 heavy (non-hydrogen) atoms. The molecule has 144 valence electrons. The van der Waals surface area contributed by atoms with Crippen LogP contribution in [0.15, 0.2) is 51.7 Å². The minimum Gasteiger partial charge on any atom is -0.450 e. The van der Waals surface area contributed by atoms with Crippen molar-refractivity contribution in [3.05, 3.63) is 74.6 Å². The molecule has 0 N–H and O–H groups in total. The molecule has 0 aliphatic carbocycles. The third kappa shape index (κ3) is 3.38. The molecule has 1 aliphatic heterocycles. The minimum atomic E-state index is -0.245. The molecule has 1 fully saturated rings. The van der Waals surface area contributed by atoms with Crippen molar-refractivity contribution in [3.63, 3.8) is 0 Å². The van der Waals surface area contributed by atoms with Crippen LogP contribution < -0.4 is 10.3 Å². The van der Waals surface area contributed by atoms with Gasteiger partial charge in [-0.15, -0.1) is 0 Å². The van der Waals surface area contributed by atoms with Crippen LogP contribution in [0.3, 0.4) is 0 Å². The molecule has 5 nitrogen and oxygen atoms in total. The first-order valence-corrected chi connectivity index (χ1v) is 9.65. The molecule has 1 amide bonds. The van der Waals surface area contributed by atoms with Gasteiger partial charge in [-0.25, -0.2) is 0 Å². The molecule has 6 heteroatoms. The maximum atomic E-state index is 12.9. The summed E-state index contributed by atoms with van der Waals surface area (Å²) >= 11 is 6.08. The molecule has 2 heterocycles. The van der Waals surface area contributed by atoms with Gasteiger partial charge in [0.2, 0.25) is 0 Å². The lowest BCUT2D eigenvalue weighted by atomic mass is 10.1. The number of carbonyl (C=O) groups is 1. The van der Waals surface area contributed by atoms with Gasteiger partial charge in [-0.1, -0.05) is 23.7 Å². The third-order valence-electron chi connectivity index (χ3n) is 5.37. The molecule has 0 saturated carbocycles. The summed E-state index contributed by atoms with van der Waals surface area (Å²) in [5.41, 5.74) is 3.26. The van der Waals surface area contributed by atoms with Gasteiger partial charge in [0.25, 0.3) is 5.91 Å². The Balaban J connectivity index is 1.56. The molecule has 4 rings (SSSR count). The fourth-order valence-corrected chi connectivity index (χ4v) is 3.74. The smallest absolute Gasteiger partial charge is 0.289 e. The van der Waals surface area contributed by atoms with Crippen molar-refractivity contribution in [1.29, 1.82) is 0 Å². The van der Waals surface area contributed by atoms with Crippen LogP contribution >= 0.6 is 11.6 Å². The lowest BCUT2D eigenvalue weighted by Crippen LogP contribution is -2.48. The number of aryl methyl sites for hydroxylation is 2. The highest BCUT2D eigenvalue weighted by molar-refractivity contribution is 6.30. The average Bonchev–Trinajstić information content (AvgIpc) is 2.70. The van der Waals surface area contributed by atoms with Crippen molar-refractivity contribution in [2.75, 3.05) is 31.1 Å². The van der Waals surface area contributed by atoms with E-state index in [1.165, 1.54) is 6.07 Å². The van der Waals surface area contributed by atoms with E-state index in [1.54, 1.807) is 11.0 Å². The van der Waals surface area contributed by atoms with Crippen molar-refractivity contribution in [1.82, 2.24) is 4.90 Å². The molecule has 0 atom stereocenters. The van der Waals surface area contributed by atoms with Crippen molar-refractivity contribution in [2.45, 2.75) is 13.8 Å². The van der Waals surface area contributed by atoms with Gasteiger partial charge in [0.15, 0.2) is 11.2 Å². The Labute approximate surface area is 168 Å². The summed E-state index contributed by atoms with van der Waals surface area (Å²) in [7, 11) is 0. The lowest BCUT2D eigenvalue weighted by molar-refractivity contribution is 0.0715. The lowest BCUT2D eigenvalue weighted by Gasteiger charge is -2.35. The number of anilines is 1. The summed E-state index contributed by atoms with van der Waals surface area (Å²) in [5, 5.41) is 1.20. The van der Waals surface area contributed by atoms with E-state index in [0.717, 1.165) is 16.8 Å². The average molecular weight is 397 g/mol. The molecule has 1 saturated heterocycles. The molecule has 0 unspecified atom stereocenters.